The minimum absolute atomic E-state index is 0.0424. The van der Waals surface area contributed by atoms with E-state index >= 15 is 0 Å². The molecule has 4 rings (SSSR count). The Kier molecular flexibility index (Phi) is 4.10. The summed E-state index contributed by atoms with van der Waals surface area (Å²) in [6.45, 7) is -0.0424. The van der Waals surface area contributed by atoms with Crippen LogP contribution in [-0.2, 0) is 29.4 Å². The van der Waals surface area contributed by atoms with E-state index < -0.39 is 10.0 Å². The van der Waals surface area contributed by atoms with Gasteiger partial charge in [0.25, 0.3) is 0 Å². The average molecular weight is 355 g/mol. The van der Waals surface area contributed by atoms with Crippen LogP contribution in [0.5, 0.6) is 0 Å². The summed E-state index contributed by atoms with van der Waals surface area (Å²) in [6.07, 6.45) is 3.03. The highest BCUT2D eigenvalue weighted by Gasteiger charge is 2.19. The molecule has 0 saturated carbocycles. The molecule has 1 N–H and O–H groups in total. The number of aryl methyl sites for hydroxylation is 2. The minimum Gasteiger partial charge on any atom is -0.419 e. The molecule has 25 heavy (non-hydrogen) atoms. The number of nitrogens with zero attached hydrogens (tertiary/aromatic N) is 2. The lowest BCUT2D eigenvalue weighted by Gasteiger charge is -2.07. The second-order valence-corrected chi connectivity index (χ2v) is 7.74. The van der Waals surface area contributed by atoms with Crippen LogP contribution in [-0.4, -0.2) is 18.6 Å². The fraction of sp³-hybridized carbons (Fsp3) is 0.222. The quantitative estimate of drug-likeness (QED) is 0.760. The van der Waals surface area contributed by atoms with Crippen LogP contribution in [0.2, 0.25) is 0 Å². The molecule has 0 spiro atoms. The minimum atomic E-state index is -3.61. The number of hydrogen-bond donors (Lipinski definition) is 1. The van der Waals surface area contributed by atoms with Crippen LogP contribution in [0.4, 0.5) is 0 Å². The van der Waals surface area contributed by atoms with Crippen LogP contribution in [0.1, 0.15) is 23.4 Å². The molecule has 6 nitrogen and oxygen atoms in total. The maximum absolute atomic E-state index is 12.5. The fourth-order valence-corrected chi connectivity index (χ4v) is 4.00. The van der Waals surface area contributed by atoms with Gasteiger partial charge in [-0.1, -0.05) is 24.3 Å². The molecule has 0 radical (unpaired) electrons. The van der Waals surface area contributed by atoms with E-state index in [1.165, 1.54) is 5.56 Å². The Morgan fingerprint density at radius 2 is 1.80 bits per heavy atom. The number of fused-ring (bicyclic) bond motifs is 1. The summed E-state index contributed by atoms with van der Waals surface area (Å²) >= 11 is 0. The molecule has 0 amide bonds. The van der Waals surface area contributed by atoms with Gasteiger partial charge in [0.2, 0.25) is 21.8 Å². The lowest BCUT2D eigenvalue weighted by molar-refractivity contribution is 0.494. The van der Waals surface area contributed by atoms with Crippen molar-refractivity contribution in [1.82, 2.24) is 14.9 Å². The predicted molar refractivity (Wildman–Crippen MR) is 92.2 cm³/mol. The van der Waals surface area contributed by atoms with Crippen LogP contribution in [0.15, 0.2) is 57.8 Å². The molecule has 0 aliphatic heterocycles. The maximum Gasteiger partial charge on any atom is 0.247 e. The normalized spacial score (nSPS) is 13.8. The van der Waals surface area contributed by atoms with Crippen molar-refractivity contribution in [3.8, 4) is 11.5 Å². The fourth-order valence-electron chi connectivity index (χ4n) is 2.98. The van der Waals surface area contributed by atoms with Gasteiger partial charge in [-0.25, -0.2) is 13.1 Å². The van der Waals surface area contributed by atoms with Crippen molar-refractivity contribution in [2.75, 3.05) is 0 Å². The Morgan fingerprint density at radius 1 is 1.00 bits per heavy atom. The zero-order valence-electron chi connectivity index (χ0n) is 13.5. The summed E-state index contributed by atoms with van der Waals surface area (Å²) in [5, 5.41) is 7.86. The van der Waals surface area contributed by atoms with E-state index in [0.29, 0.717) is 5.89 Å². The SMILES string of the molecule is O=S(=O)(NCc1nnc(-c2ccccc2)o1)c1ccc2c(c1)CCC2. The first-order chi connectivity index (χ1) is 12.1. The third-order valence-electron chi connectivity index (χ3n) is 4.28. The van der Waals surface area contributed by atoms with Gasteiger partial charge < -0.3 is 4.42 Å². The molecular weight excluding hydrogens is 338 g/mol. The first-order valence-electron chi connectivity index (χ1n) is 8.11. The molecule has 1 aliphatic rings. The number of nitrogens with one attached hydrogen (secondary N) is 1. The summed E-state index contributed by atoms with van der Waals surface area (Å²) in [5.74, 6) is 0.593. The van der Waals surface area contributed by atoms with Gasteiger partial charge in [0.15, 0.2) is 0 Å². The van der Waals surface area contributed by atoms with E-state index in [1.807, 2.05) is 36.4 Å². The summed E-state index contributed by atoms with van der Waals surface area (Å²) in [4.78, 5) is 0.274. The molecule has 1 aliphatic carbocycles. The van der Waals surface area contributed by atoms with Gasteiger partial charge in [-0.15, -0.1) is 10.2 Å². The summed E-state index contributed by atoms with van der Waals surface area (Å²) in [6, 6.07) is 14.6. The second kappa shape index (κ2) is 6.42. The van der Waals surface area contributed by atoms with Crippen molar-refractivity contribution in [2.24, 2.45) is 0 Å². The van der Waals surface area contributed by atoms with Gasteiger partial charge in [0, 0.05) is 5.56 Å². The van der Waals surface area contributed by atoms with E-state index in [-0.39, 0.29) is 17.3 Å². The van der Waals surface area contributed by atoms with Crippen molar-refractivity contribution in [3.05, 3.63) is 65.5 Å². The smallest absolute Gasteiger partial charge is 0.247 e. The monoisotopic (exact) mass is 355 g/mol. The van der Waals surface area contributed by atoms with Crippen molar-refractivity contribution >= 4 is 10.0 Å². The molecule has 0 unspecified atom stereocenters. The number of sulfonamides is 1. The molecular formula is C18H17N3O3S. The Bertz CT molecular complexity index is 997. The summed E-state index contributed by atoms with van der Waals surface area (Å²) in [7, 11) is -3.61. The molecule has 0 saturated heterocycles. The number of hydrogen-bond acceptors (Lipinski definition) is 5. The highest BCUT2D eigenvalue weighted by atomic mass is 32.2. The Labute approximate surface area is 146 Å². The topological polar surface area (TPSA) is 85.1 Å². The van der Waals surface area contributed by atoms with Gasteiger partial charge in [-0.2, -0.15) is 0 Å². The van der Waals surface area contributed by atoms with Gasteiger partial charge in [0.1, 0.15) is 0 Å². The van der Waals surface area contributed by atoms with Gasteiger partial charge in [-0.05, 0) is 54.7 Å². The van der Waals surface area contributed by atoms with E-state index in [9.17, 15) is 8.42 Å². The summed E-state index contributed by atoms with van der Waals surface area (Å²) < 4.78 is 33.0. The molecule has 1 heterocycles. The van der Waals surface area contributed by atoms with Gasteiger partial charge in [-0.3, -0.25) is 0 Å². The second-order valence-electron chi connectivity index (χ2n) is 5.98. The van der Waals surface area contributed by atoms with Gasteiger partial charge >= 0.3 is 0 Å². The zero-order chi connectivity index (χ0) is 17.3. The van der Waals surface area contributed by atoms with Crippen LogP contribution in [0.25, 0.3) is 11.5 Å². The molecule has 0 fully saturated rings. The van der Waals surface area contributed by atoms with E-state index in [1.54, 1.807) is 12.1 Å². The first-order valence-corrected chi connectivity index (χ1v) is 9.59. The number of rotatable bonds is 5. The highest BCUT2D eigenvalue weighted by Crippen LogP contribution is 2.24. The number of aromatic nitrogens is 2. The van der Waals surface area contributed by atoms with Gasteiger partial charge in [0.05, 0.1) is 11.4 Å². The van der Waals surface area contributed by atoms with Crippen molar-refractivity contribution in [3.63, 3.8) is 0 Å². The average Bonchev–Trinajstić information content (AvgIpc) is 3.29. The zero-order valence-corrected chi connectivity index (χ0v) is 14.3. The standard InChI is InChI=1S/C18H17N3O3S/c22-25(23,16-10-9-13-7-4-8-15(13)11-16)19-12-17-20-21-18(24-17)14-5-2-1-3-6-14/h1-3,5-6,9-11,19H,4,7-8,12H2. The third-order valence-corrected chi connectivity index (χ3v) is 5.68. The lowest BCUT2D eigenvalue weighted by atomic mass is 10.1. The molecule has 3 aromatic rings. The third kappa shape index (κ3) is 3.33. The van der Waals surface area contributed by atoms with E-state index in [4.69, 9.17) is 4.42 Å². The number of benzene rings is 2. The molecule has 2 aromatic carbocycles. The maximum atomic E-state index is 12.5. The van der Waals surface area contributed by atoms with Crippen molar-refractivity contribution in [2.45, 2.75) is 30.7 Å². The highest BCUT2D eigenvalue weighted by molar-refractivity contribution is 7.89. The van der Waals surface area contributed by atoms with Crippen LogP contribution >= 0.6 is 0 Å². The first kappa shape index (κ1) is 16.0. The van der Waals surface area contributed by atoms with Crippen LogP contribution < -0.4 is 4.72 Å². The molecule has 7 heteroatoms. The van der Waals surface area contributed by atoms with Crippen molar-refractivity contribution in [1.29, 1.82) is 0 Å². The van der Waals surface area contributed by atoms with E-state index in [0.717, 1.165) is 30.4 Å². The predicted octanol–water partition coefficient (Wildman–Crippen LogP) is 2.70. The molecule has 1 aromatic heterocycles. The molecule has 128 valence electrons. The Hall–Kier alpha value is -2.51. The Balaban J connectivity index is 1.48. The van der Waals surface area contributed by atoms with Crippen LogP contribution in [0, 0.1) is 0 Å². The summed E-state index contributed by atoms with van der Waals surface area (Å²) in [5.41, 5.74) is 3.15. The van der Waals surface area contributed by atoms with E-state index in [2.05, 4.69) is 14.9 Å². The Morgan fingerprint density at radius 3 is 2.64 bits per heavy atom. The largest absolute Gasteiger partial charge is 0.419 e. The van der Waals surface area contributed by atoms with Crippen LogP contribution in [0.3, 0.4) is 0 Å². The van der Waals surface area contributed by atoms with Crippen molar-refractivity contribution < 1.29 is 12.8 Å². The molecule has 0 atom stereocenters. The molecule has 0 bridgehead atoms. The lowest BCUT2D eigenvalue weighted by Crippen LogP contribution is -2.23.